The van der Waals surface area contributed by atoms with Crippen molar-refractivity contribution in [2.45, 2.75) is 32.6 Å². The summed E-state index contributed by atoms with van der Waals surface area (Å²) in [5, 5.41) is 3.08. The minimum Gasteiger partial charge on any atom is -0.342 e. The molecule has 1 N–H and O–H groups in total. The molecule has 0 bridgehead atoms. The van der Waals surface area contributed by atoms with Gasteiger partial charge in [0.25, 0.3) is 0 Å². The van der Waals surface area contributed by atoms with Gasteiger partial charge in [0, 0.05) is 13.1 Å². The largest absolute Gasteiger partial charge is 0.342 e. The van der Waals surface area contributed by atoms with E-state index in [1.54, 1.807) is 4.90 Å². The molecular formula is C12H24N2O3S. The summed E-state index contributed by atoms with van der Waals surface area (Å²) in [5.41, 5.74) is 0. The van der Waals surface area contributed by atoms with Crippen molar-refractivity contribution < 1.29 is 13.2 Å². The summed E-state index contributed by atoms with van der Waals surface area (Å²) in [6.45, 7) is 4.94. The molecule has 1 heterocycles. The molecule has 1 fully saturated rings. The summed E-state index contributed by atoms with van der Waals surface area (Å²) in [5.74, 6) is -0.447. The maximum absolute atomic E-state index is 11.8. The second-order valence-electron chi connectivity index (χ2n) is 4.74. The summed E-state index contributed by atoms with van der Waals surface area (Å²) < 4.78 is 23.5. The van der Waals surface area contributed by atoms with Crippen LogP contribution in [-0.4, -0.2) is 56.9 Å². The predicted octanol–water partition coefficient (Wildman–Crippen LogP) is 0.413. The molecule has 106 valence electrons. The van der Waals surface area contributed by atoms with E-state index < -0.39 is 9.84 Å². The fourth-order valence-electron chi connectivity index (χ4n) is 2.09. The minimum absolute atomic E-state index is 0.0968. The van der Waals surface area contributed by atoms with Gasteiger partial charge in [0.05, 0.1) is 5.75 Å². The van der Waals surface area contributed by atoms with Crippen LogP contribution in [-0.2, 0) is 14.6 Å². The van der Waals surface area contributed by atoms with Gasteiger partial charge in [-0.15, -0.1) is 0 Å². The van der Waals surface area contributed by atoms with Gasteiger partial charge >= 0.3 is 0 Å². The van der Waals surface area contributed by atoms with Crippen LogP contribution in [0.25, 0.3) is 0 Å². The molecule has 0 saturated carbocycles. The second-order valence-corrected chi connectivity index (χ2v) is 6.92. The maximum atomic E-state index is 11.8. The van der Waals surface area contributed by atoms with E-state index in [-0.39, 0.29) is 17.4 Å². The molecule has 1 amide bonds. The number of sulfone groups is 1. The van der Waals surface area contributed by atoms with E-state index in [2.05, 4.69) is 5.32 Å². The van der Waals surface area contributed by atoms with Crippen LogP contribution in [0.5, 0.6) is 0 Å². The van der Waals surface area contributed by atoms with Gasteiger partial charge in [-0.25, -0.2) is 8.42 Å². The van der Waals surface area contributed by atoms with E-state index >= 15 is 0 Å². The molecule has 18 heavy (non-hydrogen) atoms. The molecular weight excluding hydrogens is 252 g/mol. The first-order valence-electron chi connectivity index (χ1n) is 6.74. The molecule has 1 rings (SSSR count). The number of piperidine rings is 1. The Morgan fingerprint density at radius 2 is 1.89 bits per heavy atom. The highest BCUT2D eigenvalue weighted by Gasteiger charge is 2.22. The number of hydrogen-bond donors (Lipinski definition) is 1. The Morgan fingerprint density at radius 1 is 1.22 bits per heavy atom. The van der Waals surface area contributed by atoms with Crippen molar-refractivity contribution in [1.82, 2.24) is 10.2 Å². The predicted molar refractivity (Wildman–Crippen MR) is 72.2 cm³/mol. The van der Waals surface area contributed by atoms with Crippen molar-refractivity contribution in [2.75, 3.05) is 37.7 Å². The van der Waals surface area contributed by atoms with Gasteiger partial charge in [-0.05, 0) is 38.8 Å². The molecule has 0 aromatic heterocycles. The number of amides is 1. The van der Waals surface area contributed by atoms with Gasteiger partial charge in [0.2, 0.25) is 5.91 Å². The lowest BCUT2D eigenvalue weighted by Gasteiger charge is -2.26. The molecule has 0 aromatic rings. The SMILES string of the molecule is CCNCCCS(=O)(=O)CC(=O)N1CCCCC1. The number of carbonyl (C=O) groups excluding carboxylic acids is 1. The summed E-state index contributed by atoms with van der Waals surface area (Å²) in [6, 6.07) is 0. The van der Waals surface area contributed by atoms with Crippen molar-refractivity contribution in [3.8, 4) is 0 Å². The summed E-state index contributed by atoms with van der Waals surface area (Å²) in [4.78, 5) is 13.5. The molecule has 0 aliphatic carbocycles. The number of likely N-dealkylation sites (tertiary alicyclic amines) is 1. The van der Waals surface area contributed by atoms with E-state index in [4.69, 9.17) is 0 Å². The van der Waals surface area contributed by atoms with Crippen LogP contribution in [0, 0.1) is 0 Å². The van der Waals surface area contributed by atoms with E-state index in [1.807, 2.05) is 6.92 Å². The first-order valence-corrected chi connectivity index (χ1v) is 8.56. The molecule has 0 spiro atoms. The molecule has 1 saturated heterocycles. The Labute approximate surface area is 110 Å². The van der Waals surface area contributed by atoms with Crippen LogP contribution >= 0.6 is 0 Å². The lowest BCUT2D eigenvalue weighted by atomic mass is 10.1. The molecule has 1 aliphatic heterocycles. The Hall–Kier alpha value is -0.620. The zero-order valence-electron chi connectivity index (χ0n) is 11.2. The van der Waals surface area contributed by atoms with Crippen molar-refractivity contribution in [3.63, 3.8) is 0 Å². The molecule has 1 aliphatic rings. The van der Waals surface area contributed by atoms with Crippen LogP contribution < -0.4 is 5.32 Å². The lowest BCUT2D eigenvalue weighted by Crippen LogP contribution is -2.39. The van der Waals surface area contributed by atoms with Gasteiger partial charge in [0.1, 0.15) is 5.75 Å². The first kappa shape index (κ1) is 15.4. The summed E-state index contributed by atoms with van der Waals surface area (Å²) in [7, 11) is -3.24. The highest BCUT2D eigenvalue weighted by molar-refractivity contribution is 7.92. The molecule has 5 nitrogen and oxygen atoms in total. The average molecular weight is 276 g/mol. The monoisotopic (exact) mass is 276 g/mol. The fraction of sp³-hybridized carbons (Fsp3) is 0.917. The second kappa shape index (κ2) is 7.74. The number of carbonyl (C=O) groups is 1. The minimum atomic E-state index is -3.24. The van der Waals surface area contributed by atoms with Crippen LogP contribution in [0.4, 0.5) is 0 Å². The van der Waals surface area contributed by atoms with Crippen molar-refractivity contribution in [3.05, 3.63) is 0 Å². The van der Waals surface area contributed by atoms with Gasteiger partial charge in [-0.3, -0.25) is 4.79 Å². The van der Waals surface area contributed by atoms with E-state index in [0.29, 0.717) is 26.1 Å². The highest BCUT2D eigenvalue weighted by Crippen LogP contribution is 2.09. The van der Waals surface area contributed by atoms with Gasteiger partial charge in [0.15, 0.2) is 9.84 Å². The van der Waals surface area contributed by atoms with Gasteiger partial charge < -0.3 is 10.2 Å². The zero-order valence-corrected chi connectivity index (χ0v) is 12.0. The zero-order chi connectivity index (χ0) is 13.4. The summed E-state index contributed by atoms with van der Waals surface area (Å²) in [6.07, 6.45) is 3.70. The third-order valence-corrected chi connectivity index (χ3v) is 4.71. The maximum Gasteiger partial charge on any atom is 0.237 e. The molecule has 0 aromatic carbocycles. The standard InChI is InChI=1S/C12H24N2O3S/c1-2-13-7-6-10-18(16,17)11-12(15)14-8-4-3-5-9-14/h13H,2-11H2,1H3. The van der Waals surface area contributed by atoms with Crippen LogP contribution in [0.1, 0.15) is 32.6 Å². The Kier molecular flexibility index (Phi) is 6.63. The molecule has 0 atom stereocenters. The number of nitrogens with one attached hydrogen (secondary N) is 1. The first-order chi connectivity index (χ1) is 8.55. The topological polar surface area (TPSA) is 66.5 Å². The van der Waals surface area contributed by atoms with Gasteiger partial charge in [-0.2, -0.15) is 0 Å². The third kappa shape index (κ3) is 5.82. The van der Waals surface area contributed by atoms with E-state index in [1.165, 1.54) is 0 Å². The van der Waals surface area contributed by atoms with E-state index in [9.17, 15) is 13.2 Å². The van der Waals surface area contributed by atoms with Crippen LogP contribution in [0.3, 0.4) is 0 Å². The smallest absolute Gasteiger partial charge is 0.237 e. The average Bonchev–Trinajstić information content (AvgIpc) is 2.35. The quantitative estimate of drug-likeness (QED) is 0.684. The Bertz CT molecular complexity index is 348. The summed E-state index contributed by atoms with van der Waals surface area (Å²) >= 11 is 0. The fourth-order valence-corrected chi connectivity index (χ4v) is 3.38. The normalized spacial score (nSPS) is 16.8. The third-order valence-electron chi connectivity index (χ3n) is 3.11. The van der Waals surface area contributed by atoms with Crippen LogP contribution in [0.15, 0.2) is 0 Å². The molecule has 6 heteroatoms. The van der Waals surface area contributed by atoms with E-state index in [0.717, 1.165) is 25.8 Å². The number of nitrogens with zero attached hydrogens (tertiary/aromatic N) is 1. The van der Waals surface area contributed by atoms with Crippen molar-refractivity contribution in [1.29, 1.82) is 0 Å². The van der Waals surface area contributed by atoms with Crippen molar-refractivity contribution >= 4 is 15.7 Å². The highest BCUT2D eigenvalue weighted by atomic mass is 32.2. The number of rotatable bonds is 7. The molecule has 0 radical (unpaired) electrons. The van der Waals surface area contributed by atoms with Gasteiger partial charge in [-0.1, -0.05) is 6.92 Å². The molecule has 0 unspecified atom stereocenters. The lowest BCUT2D eigenvalue weighted by molar-refractivity contribution is -0.129. The Balaban J connectivity index is 2.32. The number of hydrogen-bond acceptors (Lipinski definition) is 4. The van der Waals surface area contributed by atoms with Crippen molar-refractivity contribution in [2.24, 2.45) is 0 Å². The Morgan fingerprint density at radius 3 is 2.50 bits per heavy atom. The van der Waals surface area contributed by atoms with Crippen LogP contribution in [0.2, 0.25) is 0 Å².